The Morgan fingerprint density at radius 3 is 2.08 bits per heavy atom. The predicted octanol–water partition coefficient (Wildman–Crippen LogP) is 13.4. The molecule has 0 amide bonds. The molecule has 248 valence electrons. The largest absolute Gasteiger partial charge is 0.454 e. The number of nitrogens with zero attached hydrogens (tertiary/aromatic N) is 1. The molecule has 1 heterocycles. The Morgan fingerprint density at radius 2 is 1.23 bits per heavy atom. The zero-order chi connectivity index (χ0) is 34.7. The summed E-state index contributed by atoms with van der Waals surface area (Å²) in [4.78, 5) is 2.33. The van der Waals surface area contributed by atoms with Gasteiger partial charge in [-0.1, -0.05) is 152 Å². The number of benzene rings is 7. The van der Waals surface area contributed by atoms with Crippen molar-refractivity contribution < 1.29 is 4.42 Å². The highest BCUT2D eigenvalue weighted by Crippen LogP contribution is 2.71. The predicted molar refractivity (Wildman–Crippen MR) is 219 cm³/mol. The summed E-state index contributed by atoms with van der Waals surface area (Å²) in [6.07, 6.45) is 13.9. The van der Waals surface area contributed by atoms with Crippen LogP contribution in [0.15, 0.2) is 204 Å². The van der Waals surface area contributed by atoms with Gasteiger partial charge in [-0.15, -0.1) is 0 Å². The Balaban J connectivity index is 0.968. The van der Waals surface area contributed by atoms with Crippen molar-refractivity contribution in [2.75, 3.05) is 4.90 Å². The van der Waals surface area contributed by atoms with E-state index in [1.165, 1.54) is 49.7 Å². The number of rotatable bonds is 5. The van der Waals surface area contributed by atoms with Crippen LogP contribution in [-0.4, -0.2) is 0 Å². The first-order chi connectivity index (χ1) is 26.3. The zero-order valence-corrected chi connectivity index (χ0v) is 28.9. The molecule has 4 aliphatic rings. The van der Waals surface area contributed by atoms with E-state index in [2.05, 4.69) is 187 Å². The molecule has 2 nitrogen and oxygen atoms in total. The summed E-state index contributed by atoms with van der Waals surface area (Å²) in [6, 6.07) is 55.0. The normalized spacial score (nSPS) is 20.2. The topological polar surface area (TPSA) is 16.4 Å². The highest BCUT2D eigenvalue weighted by Gasteiger charge is 2.64. The highest BCUT2D eigenvalue weighted by atomic mass is 16.3. The average molecular weight is 676 g/mol. The van der Waals surface area contributed by atoms with Gasteiger partial charge in [0, 0.05) is 34.0 Å². The van der Waals surface area contributed by atoms with Crippen LogP contribution in [0.2, 0.25) is 0 Å². The Morgan fingerprint density at radius 1 is 0.528 bits per heavy atom. The van der Waals surface area contributed by atoms with Crippen LogP contribution >= 0.6 is 0 Å². The molecule has 0 saturated heterocycles. The van der Waals surface area contributed by atoms with E-state index in [0.717, 1.165) is 39.0 Å². The van der Waals surface area contributed by atoms with Gasteiger partial charge in [-0.3, -0.25) is 0 Å². The number of anilines is 3. The Hall–Kier alpha value is -6.64. The van der Waals surface area contributed by atoms with Gasteiger partial charge in [0.15, 0.2) is 5.58 Å². The van der Waals surface area contributed by atoms with Crippen LogP contribution in [0, 0.1) is 11.8 Å². The molecule has 0 N–H and O–H groups in total. The Bertz CT molecular complexity index is 2930. The lowest BCUT2D eigenvalue weighted by molar-refractivity contribution is 0.233. The molecule has 53 heavy (non-hydrogen) atoms. The van der Waals surface area contributed by atoms with Crippen molar-refractivity contribution in [1.82, 2.24) is 0 Å². The van der Waals surface area contributed by atoms with Gasteiger partial charge in [0.25, 0.3) is 0 Å². The lowest BCUT2D eigenvalue weighted by atomic mass is 9.38. The molecule has 2 heteroatoms. The highest BCUT2D eigenvalue weighted by molar-refractivity contribution is 6.11. The summed E-state index contributed by atoms with van der Waals surface area (Å²) in [5, 5.41) is 5.01. The third-order valence-electron chi connectivity index (χ3n) is 12.4. The standard InChI is InChI=1S/C51H33NO/c1-2-10-32(11-3-1)33-22-26-36(27-23-33)52(46-20-9-16-41-39-14-4-5-21-47(39)53-50(41)46)37-28-24-34(25-29-37)38-30-31-45-49-40(38)15-8-19-44(49)51(45)42-17-6-12-35-13-7-18-43(51)48(35)42/h1-31,42,48H. The van der Waals surface area contributed by atoms with Gasteiger partial charge in [-0.05, 0) is 91.7 Å². The maximum Gasteiger partial charge on any atom is 0.159 e. The van der Waals surface area contributed by atoms with Gasteiger partial charge in [-0.2, -0.15) is 0 Å². The molecule has 7 aromatic carbocycles. The number of allylic oxidation sites excluding steroid dienone is 8. The first kappa shape index (κ1) is 29.0. The molecule has 12 rings (SSSR count). The maximum atomic E-state index is 6.59. The maximum absolute atomic E-state index is 6.59. The van der Waals surface area contributed by atoms with Gasteiger partial charge < -0.3 is 9.32 Å². The third kappa shape index (κ3) is 3.82. The quantitative estimate of drug-likeness (QED) is 0.181. The van der Waals surface area contributed by atoms with Gasteiger partial charge in [-0.25, -0.2) is 0 Å². The summed E-state index contributed by atoms with van der Waals surface area (Å²) in [5.74, 6) is 1.01. The molecule has 0 bridgehead atoms. The third-order valence-corrected chi connectivity index (χ3v) is 12.4. The fraction of sp³-hybridized carbons (Fsp3) is 0.0588. The van der Waals surface area contributed by atoms with E-state index < -0.39 is 0 Å². The van der Waals surface area contributed by atoms with Crippen LogP contribution in [0.25, 0.3) is 55.0 Å². The van der Waals surface area contributed by atoms with Crippen molar-refractivity contribution in [3.63, 3.8) is 0 Å². The zero-order valence-electron chi connectivity index (χ0n) is 28.9. The number of hydrogen-bond acceptors (Lipinski definition) is 2. The van der Waals surface area contributed by atoms with E-state index in [1.54, 1.807) is 5.57 Å². The Labute approximate surface area is 307 Å². The van der Waals surface area contributed by atoms with Crippen LogP contribution in [0.5, 0.6) is 0 Å². The van der Waals surface area contributed by atoms with Gasteiger partial charge in [0.05, 0.1) is 11.1 Å². The molecule has 3 atom stereocenters. The fourth-order valence-electron chi connectivity index (χ4n) is 10.1. The van der Waals surface area contributed by atoms with E-state index in [9.17, 15) is 0 Å². The van der Waals surface area contributed by atoms with Crippen LogP contribution in [0.1, 0.15) is 11.1 Å². The van der Waals surface area contributed by atoms with Gasteiger partial charge >= 0.3 is 0 Å². The molecule has 4 aliphatic carbocycles. The minimum absolute atomic E-state index is 0.0108. The van der Waals surface area contributed by atoms with Crippen molar-refractivity contribution in [3.8, 4) is 22.3 Å². The minimum Gasteiger partial charge on any atom is -0.454 e. The smallest absolute Gasteiger partial charge is 0.159 e. The lowest BCUT2D eigenvalue weighted by Crippen LogP contribution is -2.59. The molecule has 3 unspecified atom stereocenters. The number of hydrogen-bond donors (Lipinski definition) is 0. The second kappa shape index (κ2) is 10.7. The second-order valence-electron chi connectivity index (χ2n) is 14.8. The summed E-state index contributed by atoms with van der Waals surface area (Å²) >= 11 is 0. The van der Waals surface area contributed by atoms with E-state index in [4.69, 9.17) is 4.42 Å². The summed E-state index contributed by atoms with van der Waals surface area (Å²) in [6.45, 7) is 0. The van der Waals surface area contributed by atoms with E-state index >= 15 is 0 Å². The molecule has 1 fully saturated rings. The number of furan rings is 1. The lowest BCUT2D eigenvalue weighted by Gasteiger charge is -2.64. The molecule has 8 aromatic rings. The van der Waals surface area contributed by atoms with Crippen LogP contribution in [0.4, 0.5) is 17.1 Å². The molecule has 1 spiro atoms. The van der Waals surface area contributed by atoms with E-state index in [-0.39, 0.29) is 5.41 Å². The first-order valence-electron chi connectivity index (χ1n) is 18.6. The van der Waals surface area contributed by atoms with Crippen LogP contribution in [0.3, 0.4) is 0 Å². The van der Waals surface area contributed by atoms with Crippen molar-refractivity contribution in [2.45, 2.75) is 5.41 Å². The van der Waals surface area contributed by atoms with E-state index in [0.29, 0.717) is 11.8 Å². The minimum atomic E-state index is 0.0108. The molecular formula is C51H33NO. The van der Waals surface area contributed by atoms with Crippen molar-refractivity contribution in [2.24, 2.45) is 11.8 Å². The first-order valence-corrected chi connectivity index (χ1v) is 18.6. The fourth-order valence-corrected chi connectivity index (χ4v) is 10.1. The molecule has 1 saturated carbocycles. The van der Waals surface area contributed by atoms with E-state index in [1.807, 2.05) is 6.07 Å². The molecule has 0 aliphatic heterocycles. The van der Waals surface area contributed by atoms with Crippen LogP contribution < -0.4 is 4.90 Å². The number of fused-ring (bicyclic) bond motifs is 7. The molecule has 1 aromatic heterocycles. The summed E-state index contributed by atoms with van der Waals surface area (Å²) in [7, 11) is 0. The number of para-hydroxylation sites is 2. The molecule has 0 radical (unpaired) electrons. The SMILES string of the molecule is C1=CC2=CC=CC3C2C(=C1)C31c2cccc3c(-c4ccc(N(c5ccc(-c6ccccc6)cc5)c5cccc6c5oc5ccccc56)cc4)ccc1c23. The average Bonchev–Trinajstić information content (AvgIpc) is 3.60. The van der Waals surface area contributed by atoms with Gasteiger partial charge in [0.2, 0.25) is 0 Å². The van der Waals surface area contributed by atoms with Crippen molar-refractivity contribution in [3.05, 3.63) is 210 Å². The molecular weight excluding hydrogens is 643 g/mol. The monoisotopic (exact) mass is 675 g/mol. The van der Waals surface area contributed by atoms with Crippen molar-refractivity contribution >= 4 is 49.8 Å². The summed E-state index contributed by atoms with van der Waals surface area (Å²) < 4.78 is 6.59. The second-order valence-corrected chi connectivity index (χ2v) is 14.8. The van der Waals surface area contributed by atoms with Crippen LogP contribution in [-0.2, 0) is 5.41 Å². The Kier molecular flexibility index (Phi) is 5.85. The van der Waals surface area contributed by atoms with Gasteiger partial charge in [0.1, 0.15) is 5.58 Å². The summed E-state index contributed by atoms with van der Waals surface area (Å²) in [5.41, 5.74) is 15.8. The van der Waals surface area contributed by atoms with Crippen molar-refractivity contribution in [1.29, 1.82) is 0 Å².